The molecule has 1 unspecified atom stereocenters. The SMILES string of the molecule is CC(CSC(=O)[C@@H]1CCCN1)C(=O)O. The Labute approximate surface area is 87.4 Å². The highest BCUT2D eigenvalue weighted by molar-refractivity contribution is 8.13. The number of thioether (sulfide) groups is 1. The van der Waals surface area contributed by atoms with E-state index in [0.29, 0.717) is 5.75 Å². The van der Waals surface area contributed by atoms with E-state index in [1.165, 1.54) is 0 Å². The molecule has 2 atom stereocenters. The van der Waals surface area contributed by atoms with Gasteiger partial charge in [0.1, 0.15) is 0 Å². The van der Waals surface area contributed by atoms with Gasteiger partial charge in [-0.1, -0.05) is 18.7 Å². The van der Waals surface area contributed by atoms with Crippen molar-refractivity contribution in [2.75, 3.05) is 12.3 Å². The van der Waals surface area contributed by atoms with E-state index in [1.54, 1.807) is 6.92 Å². The van der Waals surface area contributed by atoms with Gasteiger partial charge < -0.3 is 10.4 Å². The maximum atomic E-state index is 11.5. The van der Waals surface area contributed by atoms with Gasteiger partial charge in [-0.15, -0.1) is 0 Å². The maximum absolute atomic E-state index is 11.5. The van der Waals surface area contributed by atoms with Crippen molar-refractivity contribution in [3.63, 3.8) is 0 Å². The number of hydrogen-bond donors (Lipinski definition) is 2. The van der Waals surface area contributed by atoms with Crippen LogP contribution in [0.4, 0.5) is 0 Å². The monoisotopic (exact) mass is 217 g/mol. The molecule has 80 valence electrons. The molecule has 0 aromatic heterocycles. The maximum Gasteiger partial charge on any atom is 0.307 e. The molecule has 0 amide bonds. The normalized spacial score (nSPS) is 23.4. The molecule has 1 saturated heterocycles. The molecule has 0 aromatic carbocycles. The molecule has 1 fully saturated rings. The van der Waals surface area contributed by atoms with Crippen molar-refractivity contribution < 1.29 is 14.7 Å². The third-order valence-electron chi connectivity index (χ3n) is 2.24. The fourth-order valence-electron chi connectivity index (χ4n) is 1.26. The van der Waals surface area contributed by atoms with E-state index in [9.17, 15) is 9.59 Å². The molecular weight excluding hydrogens is 202 g/mol. The number of hydrogen-bond acceptors (Lipinski definition) is 4. The number of carboxylic acid groups (broad SMARTS) is 1. The number of nitrogens with one attached hydrogen (secondary N) is 1. The Morgan fingerprint density at radius 1 is 1.64 bits per heavy atom. The quantitative estimate of drug-likeness (QED) is 0.726. The standard InChI is InChI=1S/C9H15NO3S/c1-6(8(11)12)5-14-9(13)7-3-2-4-10-7/h6-7,10H,2-5H2,1H3,(H,11,12)/t6?,7-/m0/s1. The molecule has 0 aromatic rings. The lowest BCUT2D eigenvalue weighted by molar-refractivity contribution is -0.140. The Kier molecular flexibility index (Phi) is 4.41. The molecule has 1 aliphatic rings. The van der Waals surface area contributed by atoms with Crippen LogP contribution in [0, 0.1) is 5.92 Å². The van der Waals surface area contributed by atoms with Gasteiger partial charge in [-0.2, -0.15) is 0 Å². The largest absolute Gasteiger partial charge is 0.481 e. The van der Waals surface area contributed by atoms with Crippen molar-refractivity contribution in [1.29, 1.82) is 0 Å². The number of aliphatic carboxylic acids is 1. The average Bonchev–Trinajstić information content (AvgIpc) is 2.66. The lowest BCUT2D eigenvalue weighted by atomic mass is 10.2. The number of carbonyl (C=O) groups is 2. The molecule has 1 heterocycles. The highest BCUT2D eigenvalue weighted by Crippen LogP contribution is 2.16. The summed E-state index contributed by atoms with van der Waals surface area (Å²) in [6, 6.07) is -0.0546. The minimum atomic E-state index is -0.843. The summed E-state index contributed by atoms with van der Waals surface area (Å²) in [4.78, 5) is 22.0. The molecule has 0 radical (unpaired) electrons. The van der Waals surface area contributed by atoms with Gasteiger partial charge in [0.2, 0.25) is 5.12 Å². The third kappa shape index (κ3) is 3.31. The van der Waals surface area contributed by atoms with Crippen molar-refractivity contribution in [1.82, 2.24) is 5.32 Å². The second-order valence-electron chi connectivity index (χ2n) is 3.52. The number of carboxylic acids is 1. The summed E-state index contributed by atoms with van der Waals surface area (Å²) >= 11 is 1.13. The topological polar surface area (TPSA) is 66.4 Å². The first kappa shape index (κ1) is 11.5. The predicted octanol–water partition coefficient (Wildman–Crippen LogP) is 0.719. The van der Waals surface area contributed by atoms with E-state index >= 15 is 0 Å². The van der Waals surface area contributed by atoms with Gasteiger partial charge in [-0.05, 0) is 19.4 Å². The van der Waals surface area contributed by atoms with Crippen LogP contribution < -0.4 is 5.32 Å². The molecule has 1 rings (SSSR count). The van der Waals surface area contributed by atoms with Crippen molar-refractivity contribution in [3.05, 3.63) is 0 Å². The van der Waals surface area contributed by atoms with Crippen LogP contribution in [0.25, 0.3) is 0 Å². The van der Waals surface area contributed by atoms with Crippen LogP contribution in [0.1, 0.15) is 19.8 Å². The second-order valence-corrected chi connectivity index (χ2v) is 4.54. The van der Waals surface area contributed by atoms with Crippen LogP contribution >= 0.6 is 11.8 Å². The Morgan fingerprint density at radius 2 is 2.36 bits per heavy atom. The van der Waals surface area contributed by atoms with Crippen LogP contribution in [0.2, 0.25) is 0 Å². The van der Waals surface area contributed by atoms with Crippen LogP contribution in [0.5, 0.6) is 0 Å². The molecule has 2 N–H and O–H groups in total. The van der Waals surface area contributed by atoms with Crippen LogP contribution in [0.15, 0.2) is 0 Å². The summed E-state index contributed by atoms with van der Waals surface area (Å²) in [6.45, 7) is 2.51. The number of rotatable bonds is 4. The zero-order valence-electron chi connectivity index (χ0n) is 8.16. The summed E-state index contributed by atoms with van der Waals surface area (Å²) in [5.74, 6) is -0.929. The minimum Gasteiger partial charge on any atom is -0.481 e. The van der Waals surface area contributed by atoms with Gasteiger partial charge >= 0.3 is 5.97 Å². The second kappa shape index (κ2) is 5.36. The molecular formula is C9H15NO3S. The van der Waals surface area contributed by atoms with Gasteiger partial charge in [0.05, 0.1) is 12.0 Å². The van der Waals surface area contributed by atoms with Gasteiger partial charge in [-0.3, -0.25) is 9.59 Å². The molecule has 4 nitrogen and oxygen atoms in total. The highest BCUT2D eigenvalue weighted by atomic mass is 32.2. The van der Waals surface area contributed by atoms with Gasteiger partial charge in [0.25, 0.3) is 0 Å². The average molecular weight is 217 g/mol. The fourth-order valence-corrected chi connectivity index (χ4v) is 2.22. The molecule has 0 bridgehead atoms. The molecule has 0 saturated carbocycles. The number of carbonyl (C=O) groups excluding carboxylic acids is 1. The first-order chi connectivity index (χ1) is 6.61. The van der Waals surface area contributed by atoms with Gasteiger partial charge in [0.15, 0.2) is 0 Å². The summed E-state index contributed by atoms with van der Waals surface area (Å²) in [7, 11) is 0. The summed E-state index contributed by atoms with van der Waals surface area (Å²) < 4.78 is 0. The third-order valence-corrected chi connectivity index (χ3v) is 3.48. The van der Waals surface area contributed by atoms with Crippen molar-refractivity contribution in [2.24, 2.45) is 5.92 Å². The first-order valence-corrected chi connectivity index (χ1v) is 5.72. The van der Waals surface area contributed by atoms with E-state index in [-0.39, 0.29) is 11.2 Å². The van der Waals surface area contributed by atoms with E-state index < -0.39 is 11.9 Å². The molecule has 1 aliphatic heterocycles. The van der Waals surface area contributed by atoms with Gasteiger partial charge in [0, 0.05) is 5.75 Å². The Morgan fingerprint density at radius 3 is 2.86 bits per heavy atom. The minimum absolute atomic E-state index is 0.0546. The van der Waals surface area contributed by atoms with Crippen LogP contribution in [-0.2, 0) is 9.59 Å². The lowest BCUT2D eigenvalue weighted by Crippen LogP contribution is -2.29. The van der Waals surface area contributed by atoms with E-state index in [2.05, 4.69) is 5.32 Å². The Balaban J connectivity index is 2.23. The van der Waals surface area contributed by atoms with Gasteiger partial charge in [-0.25, -0.2) is 0 Å². The molecule has 5 heteroatoms. The smallest absolute Gasteiger partial charge is 0.307 e. The summed E-state index contributed by atoms with van der Waals surface area (Å²) in [5.41, 5.74) is 0. The zero-order valence-corrected chi connectivity index (χ0v) is 8.97. The van der Waals surface area contributed by atoms with E-state index in [4.69, 9.17) is 5.11 Å². The highest BCUT2D eigenvalue weighted by Gasteiger charge is 2.23. The molecule has 14 heavy (non-hydrogen) atoms. The zero-order chi connectivity index (χ0) is 10.6. The van der Waals surface area contributed by atoms with E-state index in [0.717, 1.165) is 31.1 Å². The summed E-state index contributed by atoms with van der Waals surface area (Å²) in [6.07, 6.45) is 1.92. The molecule has 0 spiro atoms. The lowest BCUT2D eigenvalue weighted by Gasteiger charge is -2.09. The Hall–Kier alpha value is -0.550. The molecule has 0 aliphatic carbocycles. The van der Waals surface area contributed by atoms with Crippen LogP contribution in [-0.4, -0.2) is 34.5 Å². The predicted molar refractivity (Wildman–Crippen MR) is 55.3 cm³/mol. The van der Waals surface area contributed by atoms with Crippen molar-refractivity contribution in [2.45, 2.75) is 25.8 Å². The summed E-state index contributed by atoms with van der Waals surface area (Å²) in [5, 5.41) is 11.8. The van der Waals surface area contributed by atoms with E-state index in [1.807, 2.05) is 0 Å². The van der Waals surface area contributed by atoms with Crippen molar-refractivity contribution in [3.8, 4) is 0 Å². The Bertz CT molecular complexity index is 226. The van der Waals surface area contributed by atoms with Crippen LogP contribution in [0.3, 0.4) is 0 Å². The van der Waals surface area contributed by atoms with Crippen molar-refractivity contribution >= 4 is 22.8 Å². The fraction of sp³-hybridized carbons (Fsp3) is 0.778. The first-order valence-electron chi connectivity index (χ1n) is 4.74.